The minimum absolute atomic E-state index is 0.304. The number of ether oxygens (including phenoxy) is 1. The van der Waals surface area contributed by atoms with E-state index in [-0.39, 0.29) is 6.03 Å². The van der Waals surface area contributed by atoms with E-state index in [2.05, 4.69) is 59.4 Å². The van der Waals surface area contributed by atoms with Gasteiger partial charge in [0.15, 0.2) is 0 Å². The number of aryl methyl sites for hydroxylation is 3. The molecule has 0 radical (unpaired) electrons. The van der Waals surface area contributed by atoms with Crippen LogP contribution >= 0.6 is 0 Å². The predicted molar refractivity (Wildman–Crippen MR) is 134 cm³/mol. The van der Waals surface area contributed by atoms with Crippen LogP contribution in [0.1, 0.15) is 35.2 Å². The number of hydrogen-bond acceptors (Lipinski definition) is 5. The molecule has 1 fully saturated rings. The highest BCUT2D eigenvalue weighted by atomic mass is 16.5. The Morgan fingerprint density at radius 2 is 1.76 bits per heavy atom. The van der Waals surface area contributed by atoms with E-state index in [1.807, 2.05) is 24.3 Å². The van der Waals surface area contributed by atoms with E-state index in [0.29, 0.717) is 17.8 Å². The molecule has 4 rings (SSSR count). The Balaban J connectivity index is 1.54. The van der Waals surface area contributed by atoms with Gasteiger partial charge in [0.1, 0.15) is 0 Å². The molecule has 0 unspecified atom stereocenters. The zero-order valence-corrected chi connectivity index (χ0v) is 20.5. The van der Waals surface area contributed by atoms with E-state index >= 15 is 0 Å². The lowest BCUT2D eigenvalue weighted by Gasteiger charge is -2.38. The number of methoxy groups -OCH3 is 1. The predicted octanol–water partition coefficient (Wildman–Crippen LogP) is 3.47. The van der Waals surface area contributed by atoms with Crippen LogP contribution in [-0.2, 0) is 16.0 Å². The minimum Gasteiger partial charge on any atom is -0.466 e. The molecular weight excluding hydrogens is 428 g/mol. The minimum atomic E-state index is -0.543. The van der Waals surface area contributed by atoms with E-state index in [4.69, 9.17) is 4.74 Å². The molecule has 0 spiro atoms. The number of amides is 2. The topological polar surface area (TPSA) is 73.9 Å². The molecule has 0 aromatic heterocycles. The molecule has 1 atom stereocenters. The third-order valence-electron chi connectivity index (χ3n) is 6.74. The third kappa shape index (κ3) is 5.09. The Labute approximate surface area is 201 Å². The number of hydrogen-bond donors (Lipinski definition) is 2. The maximum absolute atomic E-state index is 12.8. The van der Waals surface area contributed by atoms with Crippen molar-refractivity contribution >= 4 is 17.7 Å². The quantitative estimate of drug-likeness (QED) is 0.643. The number of rotatable bonds is 6. The summed E-state index contributed by atoms with van der Waals surface area (Å²) in [5.74, 6) is -0.430. The second-order valence-electron chi connectivity index (χ2n) is 9.06. The summed E-state index contributed by atoms with van der Waals surface area (Å²) in [6, 6.07) is 13.7. The number of benzene rings is 2. The molecule has 2 N–H and O–H groups in total. The number of esters is 1. The van der Waals surface area contributed by atoms with E-state index in [0.717, 1.165) is 38.2 Å². The van der Waals surface area contributed by atoms with Gasteiger partial charge in [-0.2, -0.15) is 0 Å². The Morgan fingerprint density at radius 1 is 1.06 bits per heavy atom. The molecule has 2 heterocycles. The molecule has 180 valence electrons. The van der Waals surface area contributed by atoms with Gasteiger partial charge in [-0.25, -0.2) is 9.59 Å². The van der Waals surface area contributed by atoms with Gasteiger partial charge >= 0.3 is 12.0 Å². The lowest BCUT2D eigenvalue weighted by atomic mass is 9.94. The highest BCUT2D eigenvalue weighted by Gasteiger charge is 2.34. The van der Waals surface area contributed by atoms with Gasteiger partial charge in [0.05, 0.1) is 18.7 Å². The summed E-state index contributed by atoms with van der Waals surface area (Å²) in [4.78, 5) is 30.1. The first kappa shape index (κ1) is 23.8. The number of anilines is 1. The van der Waals surface area contributed by atoms with Crippen LogP contribution in [-0.4, -0.2) is 56.7 Å². The van der Waals surface area contributed by atoms with Gasteiger partial charge in [-0.3, -0.25) is 4.90 Å². The molecule has 0 saturated carbocycles. The molecule has 2 aliphatic rings. The number of piperazine rings is 1. The van der Waals surface area contributed by atoms with Crippen LogP contribution in [0, 0.1) is 13.8 Å². The number of urea groups is 1. The zero-order valence-electron chi connectivity index (χ0n) is 20.5. The highest BCUT2D eigenvalue weighted by Crippen LogP contribution is 2.29. The summed E-state index contributed by atoms with van der Waals surface area (Å²) in [5.41, 5.74) is 6.95. The Hall–Kier alpha value is -3.32. The van der Waals surface area contributed by atoms with Crippen molar-refractivity contribution in [1.29, 1.82) is 0 Å². The third-order valence-corrected chi connectivity index (χ3v) is 6.74. The molecule has 2 aromatic carbocycles. The maximum Gasteiger partial charge on any atom is 0.338 e. The van der Waals surface area contributed by atoms with Crippen molar-refractivity contribution in [3.05, 3.63) is 76.0 Å². The van der Waals surface area contributed by atoms with Gasteiger partial charge in [-0.05, 0) is 48.6 Å². The van der Waals surface area contributed by atoms with Crippen LogP contribution in [0.5, 0.6) is 0 Å². The van der Waals surface area contributed by atoms with E-state index in [1.54, 1.807) is 0 Å². The van der Waals surface area contributed by atoms with Gasteiger partial charge in [-0.15, -0.1) is 0 Å². The van der Waals surface area contributed by atoms with Crippen molar-refractivity contribution in [1.82, 2.24) is 15.5 Å². The summed E-state index contributed by atoms with van der Waals surface area (Å²) in [5, 5.41) is 5.79. The zero-order chi connectivity index (χ0) is 24.2. The molecule has 2 aliphatic heterocycles. The van der Waals surface area contributed by atoms with Gasteiger partial charge in [0, 0.05) is 44.1 Å². The van der Waals surface area contributed by atoms with Crippen LogP contribution in [0.2, 0.25) is 0 Å². The van der Waals surface area contributed by atoms with Crippen molar-refractivity contribution in [2.24, 2.45) is 0 Å². The largest absolute Gasteiger partial charge is 0.466 e. The van der Waals surface area contributed by atoms with Gasteiger partial charge in [0.2, 0.25) is 0 Å². The lowest BCUT2D eigenvalue weighted by molar-refractivity contribution is -0.136. The van der Waals surface area contributed by atoms with E-state index in [1.165, 1.54) is 29.5 Å². The average molecular weight is 463 g/mol. The standard InChI is InChI=1S/C27H34N4O3/c1-5-20-8-10-21(11-9-20)25-24(26(32)34-4)22(28-27(33)29-25)17-30-12-14-31(15-13-30)23-16-18(2)6-7-19(23)3/h6-11,16,25H,5,12-15,17H2,1-4H3,(H2,28,29,33)/t25-/m1/s1. The average Bonchev–Trinajstić information content (AvgIpc) is 2.85. The summed E-state index contributed by atoms with van der Waals surface area (Å²) in [6.07, 6.45) is 0.928. The molecule has 34 heavy (non-hydrogen) atoms. The second kappa shape index (κ2) is 10.3. The summed E-state index contributed by atoms with van der Waals surface area (Å²) < 4.78 is 5.13. The first-order valence-corrected chi connectivity index (χ1v) is 11.9. The molecular formula is C27H34N4O3. The summed E-state index contributed by atoms with van der Waals surface area (Å²) >= 11 is 0. The van der Waals surface area contributed by atoms with Crippen molar-refractivity contribution in [2.75, 3.05) is 44.7 Å². The van der Waals surface area contributed by atoms with Crippen LogP contribution < -0.4 is 15.5 Å². The first-order valence-electron chi connectivity index (χ1n) is 11.9. The summed E-state index contributed by atoms with van der Waals surface area (Å²) in [6.45, 7) is 10.3. The highest BCUT2D eigenvalue weighted by molar-refractivity contribution is 5.95. The SMILES string of the molecule is CCc1ccc([C@H]2NC(=O)NC(CN3CCN(c4cc(C)ccc4C)CC3)=C2C(=O)OC)cc1. The fourth-order valence-electron chi connectivity index (χ4n) is 4.72. The van der Waals surface area contributed by atoms with Crippen molar-refractivity contribution in [2.45, 2.75) is 33.2 Å². The molecule has 0 aliphatic carbocycles. The fraction of sp³-hybridized carbons (Fsp3) is 0.407. The van der Waals surface area contributed by atoms with Gasteiger partial charge < -0.3 is 20.3 Å². The first-order chi connectivity index (χ1) is 16.4. The van der Waals surface area contributed by atoms with Crippen molar-refractivity contribution in [3.63, 3.8) is 0 Å². The Kier molecular flexibility index (Phi) is 7.22. The van der Waals surface area contributed by atoms with Crippen LogP contribution in [0.3, 0.4) is 0 Å². The van der Waals surface area contributed by atoms with Crippen LogP contribution in [0.25, 0.3) is 0 Å². The van der Waals surface area contributed by atoms with E-state index in [9.17, 15) is 9.59 Å². The molecule has 7 heteroatoms. The lowest BCUT2D eigenvalue weighted by Crippen LogP contribution is -2.51. The van der Waals surface area contributed by atoms with Crippen molar-refractivity contribution < 1.29 is 14.3 Å². The van der Waals surface area contributed by atoms with Crippen molar-refractivity contribution in [3.8, 4) is 0 Å². The number of nitrogens with zero attached hydrogens (tertiary/aromatic N) is 2. The smallest absolute Gasteiger partial charge is 0.338 e. The summed E-state index contributed by atoms with van der Waals surface area (Å²) in [7, 11) is 1.38. The second-order valence-corrected chi connectivity index (χ2v) is 9.06. The van der Waals surface area contributed by atoms with Crippen LogP contribution in [0.15, 0.2) is 53.7 Å². The normalized spacial score (nSPS) is 19.0. The number of nitrogens with one attached hydrogen (secondary N) is 2. The number of carbonyl (C=O) groups excluding carboxylic acids is 2. The molecule has 7 nitrogen and oxygen atoms in total. The molecule has 2 aromatic rings. The van der Waals surface area contributed by atoms with Gasteiger partial charge in [0.25, 0.3) is 0 Å². The van der Waals surface area contributed by atoms with Crippen LogP contribution in [0.4, 0.5) is 10.5 Å². The Bertz CT molecular complexity index is 1090. The molecule has 0 bridgehead atoms. The monoisotopic (exact) mass is 462 g/mol. The van der Waals surface area contributed by atoms with Gasteiger partial charge in [-0.1, -0.05) is 43.3 Å². The molecule has 2 amide bonds. The molecule has 1 saturated heterocycles. The Morgan fingerprint density at radius 3 is 2.41 bits per heavy atom. The van der Waals surface area contributed by atoms with E-state index < -0.39 is 12.0 Å². The maximum atomic E-state index is 12.8. The fourth-order valence-corrected chi connectivity index (χ4v) is 4.72. The number of carbonyl (C=O) groups is 2.